The smallest absolute Gasteiger partial charge is 0.222 e. The Labute approximate surface area is 166 Å². The van der Waals surface area contributed by atoms with Crippen molar-refractivity contribution in [3.63, 3.8) is 0 Å². The van der Waals surface area contributed by atoms with Gasteiger partial charge in [-0.3, -0.25) is 4.79 Å². The molecular weight excluding hydrogens is 360 g/mol. The second-order valence-electron chi connectivity index (χ2n) is 8.09. The molecule has 1 aliphatic heterocycles. The van der Waals surface area contributed by atoms with Gasteiger partial charge in [-0.1, -0.05) is 48.1 Å². The molecule has 0 radical (unpaired) electrons. The fourth-order valence-electron chi connectivity index (χ4n) is 4.84. The predicted octanol–water partition coefficient (Wildman–Crippen LogP) is 5.77. The highest BCUT2D eigenvalue weighted by Gasteiger charge is 2.41. The summed E-state index contributed by atoms with van der Waals surface area (Å²) in [6.45, 7) is 2.16. The molecule has 1 amide bonds. The van der Waals surface area contributed by atoms with Crippen LogP contribution in [0.3, 0.4) is 0 Å². The van der Waals surface area contributed by atoms with E-state index in [1.807, 2.05) is 29.2 Å². The van der Waals surface area contributed by atoms with Crippen molar-refractivity contribution in [3.05, 3.63) is 45.3 Å². The maximum Gasteiger partial charge on any atom is 0.222 e. The Kier molecular flexibility index (Phi) is 7.03. The van der Waals surface area contributed by atoms with E-state index in [1.54, 1.807) is 0 Å². The maximum atomic E-state index is 12.7. The van der Waals surface area contributed by atoms with Crippen molar-refractivity contribution < 1.29 is 4.79 Å². The van der Waals surface area contributed by atoms with Crippen molar-refractivity contribution in [2.24, 2.45) is 16.4 Å². The molecule has 2 aliphatic rings. The third-order valence-corrected chi connectivity index (χ3v) is 6.82. The molecule has 6 heteroatoms. The van der Waals surface area contributed by atoms with Gasteiger partial charge in [0.1, 0.15) is 0 Å². The van der Waals surface area contributed by atoms with E-state index in [2.05, 4.69) is 10.0 Å². The Bertz CT molecular complexity index is 670. The lowest BCUT2D eigenvalue weighted by Crippen LogP contribution is -2.48. The Morgan fingerprint density at radius 3 is 2.48 bits per heavy atom. The third-order valence-electron chi connectivity index (χ3n) is 6.57. The zero-order valence-electron chi connectivity index (χ0n) is 15.9. The highest BCUT2D eigenvalue weighted by molar-refractivity contribution is 6.30. The molecule has 3 rings (SSSR count). The Morgan fingerprint density at radius 2 is 1.85 bits per heavy atom. The maximum absolute atomic E-state index is 12.7. The lowest BCUT2D eigenvalue weighted by Gasteiger charge is -2.47. The Hall–Kier alpha value is -1.71. The number of carbonyl (C=O) groups is 1. The minimum absolute atomic E-state index is 0.0968. The number of carbonyl (C=O) groups excluding carboxylic acids is 1. The average Bonchev–Trinajstić information content (AvgIpc) is 2.72. The van der Waals surface area contributed by atoms with Gasteiger partial charge < -0.3 is 4.90 Å². The van der Waals surface area contributed by atoms with Gasteiger partial charge in [-0.05, 0) is 66.7 Å². The number of likely N-dealkylation sites (tertiary alicyclic amines) is 1. The van der Waals surface area contributed by atoms with Crippen LogP contribution in [0.2, 0.25) is 5.02 Å². The molecule has 0 bridgehead atoms. The monoisotopic (exact) mass is 388 g/mol. The quantitative estimate of drug-likeness (QED) is 0.346. The summed E-state index contributed by atoms with van der Waals surface area (Å²) in [4.78, 5) is 17.7. The van der Waals surface area contributed by atoms with Gasteiger partial charge in [0.15, 0.2) is 0 Å². The van der Waals surface area contributed by atoms with Crippen LogP contribution in [0.1, 0.15) is 56.9 Å². The number of piperidine rings is 1. The van der Waals surface area contributed by atoms with Crippen LogP contribution < -0.4 is 0 Å². The molecule has 146 valence electrons. The van der Waals surface area contributed by atoms with Gasteiger partial charge in [0.25, 0.3) is 0 Å². The number of aryl methyl sites for hydroxylation is 1. The zero-order chi connectivity index (χ0) is 19.1. The van der Waals surface area contributed by atoms with Gasteiger partial charge in [-0.15, -0.1) is 0 Å². The van der Waals surface area contributed by atoms with Gasteiger partial charge >= 0.3 is 0 Å². The minimum atomic E-state index is 0.0968. The minimum Gasteiger partial charge on any atom is -0.343 e. The van der Waals surface area contributed by atoms with Crippen LogP contribution >= 0.6 is 11.6 Å². The number of amides is 1. The van der Waals surface area contributed by atoms with Gasteiger partial charge in [-0.2, -0.15) is 0 Å². The summed E-state index contributed by atoms with van der Waals surface area (Å²) in [5.74, 6) is 0.869. The Morgan fingerprint density at radius 1 is 1.19 bits per heavy atom. The largest absolute Gasteiger partial charge is 0.343 e. The number of azide groups is 1. The van der Waals surface area contributed by atoms with Gasteiger partial charge in [-0.25, -0.2) is 0 Å². The van der Waals surface area contributed by atoms with Crippen LogP contribution in [0.4, 0.5) is 0 Å². The lowest BCUT2D eigenvalue weighted by atomic mass is 9.64. The molecule has 0 atom stereocenters. The molecule has 1 aliphatic carbocycles. The van der Waals surface area contributed by atoms with E-state index in [9.17, 15) is 4.79 Å². The molecule has 0 spiro atoms. The standard InChI is InChI=1S/C21H29ClN4O/c22-19-9-6-17(7-10-19)8-11-20(27)26-14-12-21(13-15-26,16-24-25-23)18-4-2-1-3-5-18/h6-7,9-10,18H,1-5,8,11-16H2. The number of rotatable bonds is 6. The summed E-state index contributed by atoms with van der Waals surface area (Å²) in [5.41, 5.74) is 10.1. The van der Waals surface area contributed by atoms with E-state index >= 15 is 0 Å². The Balaban J connectivity index is 1.55. The molecule has 0 N–H and O–H groups in total. The van der Waals surface area contributed by atoms with Crippen LogP contribution in [0.5, 0.6) is 0 Å². The van der Waals surface area contributed by atoms with Crippen molar-refractivity contribution in [3.8, 4) is 0 Å². The number of halogens is 1. The number of benzene rings is 1. The van der Waals surface area contributed by atoms with E-state index in [1.165, 1.54) is 32.1 Å². The summed E-state index contributed by atoms with van der Waals surface area (Å²) >= 11 is 5.92. The van der Waals surface area contributed by atoms with Crippen LogP contribution in [0.15, 0.2) is 29.4 Å². The van der Waals surface area contributed by atoms with Crippen molar-refractivity contribution in [1.29, 1.82) is 0 Å². The molecule has 2 fully saturated rings. The molecule has 0 unspecified atom stereocenters. The van der Waals surface area contributed by atoms with Crippen molar-refractivity contribution in [2.75, 3.05) is 19.6 Å². The SMILES string of the molecule is [N-]=[N+]=NCC1(C2CCCCC2)CCN(C(=O)CCc2ccc(Cl)cc2)CC1. The molecule has 1 saturated heterocycles. The highest BCUT2D eigenvalue weighted by atomic mass is 35.5. The summed E-state index contributed by atoms with van der Waals surface area (Å²) in [6, 6.07) is 7.71. The first kappa shape index (κ1) is 20.0. The van der Waals surface area contributed by atoms with Crippen molar-refractivity contribution in [2.45, 2.75) is 57.8 Å². The summed E-state index contributed by atoms with van der Waals surface area (Å²) in [6.07, 6.45) is 9.58. The lowest BCUT2D eigenvalue weighted by molar-refractivity contribution is -0.134. The van der Waals surface area contributed by atoms with Crippen molar-refractivity contribution >= 4 is 17.5 Å². The molecule has 1 saturated carbocycles. The zero-order valence-corrected chi connectivity index (χ0v) is 16.7. The van der Waals surface area contributed by atoms with Crippen LogP contribution in [-0.4, -0.2) is 30.4 Å². The molecule has 1 aromatic carbocycles. The van der Waals surface area contributed by atoms with E-state index < -0.39 is 0 Å². The number of nitrogens with zero attached hydrogens (tertiary/aromatic N) is 4. The summed E-state index contributed by atoms with van der Waals surface area (Å²) < 4.78 is 0. The fourth-order valence-corrected chi connectivity index (χ4v) is 4.97. The van der Waals surface area contributed by atoms with Gasteiger partial charge in [0, 0.05) is 36.0 Å². The molecular formula is C21H29ClN4O. The van der Waals surface area contributed by atoms with E-state index in [0.717, 1.165) is 42.9 Å². The number of hydrogen-bond donors (Lipinski definition) is 0. The third kappa shape index (κ3) is 5.18. The molecule has 1 heterocycles. The van der Waals surface area contributed by atoms with Gasteiger partial charge in [0.05, 0.1) is 0 Å². The van der Waals surface area contributed by atoms with Crippen molar-refractivity contribution in [1.82, 2.24) is 4.90 Å². The van der Waals surface area contributed by atoms with Crippen LogP contribution in [0.25, 0.3) is 10.4 Å². The first-order chi connectivity index (χ1) is 13.1. The molecule has 1 aromatic rings. The number of hydrogen-bond acceptors (Lipinski definition) is 2. The van der Waals surface area contributed by atoms with Crippen LogP contribution in [-0.2, 0) is 11.2 Å². The second kappa shape index (κ2) is 9.48. The topological polar surface area (TPSA) is 69.1 Å². The van der Waals surface area contributed by atoms with E-state index in [0.29, 0.717) is 18.9 Å². The molecule has 5 nitrogen and oxygen atoms in total. The predicted molar refractivity (Wildman–Crippen MR) is 109 cm³/mol. The normalized spacial score (nSPS) is 20.1. The molecule has 0 aromatic heterocycles. The van der Waals surface area contributed by atoms with Gasteiger partial charge in [0.2, 0.25) is 5.91 Å². The first-order valence-electron chi connectivity index (χ1n) is 10.2. The molecule has 27 heavy (non-hydrogen) atoms. The summed E-state index contributed by atoms with van der Waals surface area (Å²) in [7, 11) is 0. The average molecular weight is 389 g/mol. The second-order valence-corrected chi connectivity index (χ2v) is 8.53. The van der Waals surface area contributed by atoms with E-state index in [4.69, 9.17) is 17.1 Å². The summed E-state index contributed by atoms with van der Waals surface area (Å²) in [5, 5.41) is 4.68. The van der Waals surface area contributed by atoms with E-state index in [-0.39, 0.29) is 11.3 Å². The van der Waals surface area contributed by atoms with Crippen LogP contribution in [0, 0.1) is 11.3 Å². The fraction of sp³-hybridized carbons (Fsp3) is 0.667. The first-order valence-corrected chi connectivity index (χ1v) is 10.5. The highest BCUT2D eigenvalue weighted by Crippen LogP contribution is 2.46.